The van der Waals surface area contributed by atoms with Crippen LogP contribution < -0.4 is 0 Å². The molecule has 1 aromatic carbocycles. The third kappa shape index (κ3) is 1.91. The lowest BCUT2D eigenvalue weighted by Gasteiger charge is -2.47. The molecule has 1 heterocycles. The fourth-order valence-electron chi connectivity index (χ4n) is 4.56. The van der Waals surface area contributed by atoms with Crippen molar-refractivity contribution in [2.75, 3.05) is 13.2 Å². The predicted octanol–water partition coefficient (Wildman–Crippen LogP) is 2.72. The van der Waals surface area contributed by atoms with Crippen LogP contribution in [0, 0.1) is 22.0 Å². The Morgan fingerprint density at radius 3 is 2.76 bits per heavy atom. The molecule has 5 heteroatoms. The van der Waals surface area contributed by atoms with Gasteiger partial charge in [-0.05, 0) is 24.8 Å². The van der Waals surface area contributed by atoms with Gasteiger partial charge < -0.3 is 9.47 Å². The van der Waals surface area contributed by atoms with Gasteiger partial charge in [0, 0.05) is 28.7 Å². The van der Waals surface area contributed by atoms with E-state index in [0.29, 0.717) is 13.2 Å². The Morgan fingerprint density at radius 1 is 1.24 bits per heavy atom. The van der Waals surface area contributed by atoms with Crippen molar-refractivity contribution < 1.29 is 14.4 Å². The van der Waals surface area contributed by atoms with Gasteiger partial charge in [-0.1, -0.05) is 24.3 Å². The Labute approximate surface area is 123 Å². The van der Waals surface area contributed by atoms with Crippen molar-refractivity contribution >= 4 is 0 Å². The third-order valence-corrected chi connectivity index (χ3v) is 5.37. The van der Waals surface area contributed by atoms with Crippen LogP contribution in [0.15, 0.2) is 24.3 Å². The number of ether oxygens (including phenoxy) is 2. The molecule has 0 N–H and O–H groups in total. The molecule has 0 aromatic heterocycles. The van der Waals surface area contributed by atoms with Crippen LogP contribution in [-0.2, 0) is 15.9 Å². The summed E-state index contributed by atoms with van der Waals surface area (Å²) < 4.78 is 11.9. The molecule has 3 aliphatic rings. The zero-order chi connectivity index (χ0) is 14.4. The zero-order valence-electron chi connectivity index (χ0n) is 11.9. The van der Waals surface area contributed by atoms with Gasteiger partial charge in [0.1, 0.15) is 0 Å². The number of nitro groups is 1. The number of hydrogen-bond donors (Lipinski definition) is 0. The summed E-state index contributed by atoms with van der Waals surface area (Å²) >= 11 is 0. The van der Waals surface area contributed by atoms with E-state index >= 15 is 0 Å². The smallest absolute Gasteiger partial charge is 0.241 e. The lowest BCUT2D eigenvalue weighted by atomic mass is 9.63. The summed E-state index contributed by atoms with van der Waals surface area (Å²) in [5.41, 5.74) is 1.97. The molecule has 4 rings (SSSR count). The van der Waals surface area contributed by atoms with E-state index in [9.17, 15) is 10.1 Å². The number of benzene rings is 1. The van der Waals surface area contributed by atoms with E-state index in [0.717, 1.165) is 36.8 Å². The molecule has 2 fully saturated rings. The molecule has 1 spiro atoms. The summed E-state index contributed by atoms with van der Waals surface area (Å²) in [7, 11) is 0. The highest BCUT2D eigenvalue weighted by atomic mass is 16.7. The minimum absolute atomic E-state index is 0.0155. The summed E-state index contributed by atoms with van der Waals surface area (Å²) in [6, 6.07) is 7.17. The van der Waals surface area contributed by atoms with Gasteiger partial charge in [-0.15, -0.1) is 0 Å². The molecule has 3 atom stereocenters. The maximum atomic E-state index is 11.7. The second-order valence-corrected chi connectivity index (χ2v) is 6.30. The molecule has 2 aliphatic carbocycles. The van der Waals surface area contributed by atoms with Crippen molar-refractivity contribution in [1.82, 2.24) is 0 Å². The lowest BCUT2D eigenvalue weighted by molar-refractivity contribution is -0.546. The molecule has 0 radical (unpaired) electrons. The molecule has 1 saturated heterocycles. The summed E-state index contributed by atoms with van der Waals surface area (Å²) in [6.07, 6.45) is 3.51. The average molecular weight is 289 g/mol. The Bertz CT molecular complexity index is 567. The van der Waals surface area contributed by atoms with Crippen LogP contribution in [0.1, 0.15) is 36.4 Å². The SMILES string of the molecule is O=[N+]([O-])[C@@H]1c2ccccc2C[C@H]2[C@H]1CCCC21OCCO1. The Kier molecular flexibility index (Phi) is 3.01. The van der Waals surface area contributed by atoms with Crippen LogP contribution in [0.25, 0.3) is 0 Å². The van der Waals surface area contributed by atoms with Crippen LogP contribution in [-0.4, -0.2) is 23.9 Å². The lowest BCUT2D eigenvalue weighted by Crippen LogP contribution is -2.51. The van der Waals surface area contributed by atoms with Crippen LogP contribution in [0.3, 0.4) is 0 Å². The number of nitrogens with zero attached hydrogens (tertiary/aromatic N) is 1. The van der Waals surface area contributed by atoms with Crippen LogP contribution in [0.4, 0.5) is 0 Å². The minimum atomic E-state index is -0.620. The Hall–Kier alpha value is -1.46. The molecule has 21 heavy (non-hydrogen) atoms. The van der Waals surface area contributed by atoms with Gasteiger partial charge in [0.15, 0.2) is 5.79 Å². The quantitative estimate of drug-likeness (QED) is 0.589. The summed E-state index contributed by atoms with van der Waals surface area (Å²) in [6.45, 7) is 1.21. The largest absolute Gasteiger partial charge is 0.347 e. The second kappa shape index (κ2) is 4.78. The third-order valence-electron chi connectivity index (χ3n) is 5.37. The molecule has 0 bridgehead atoms. The summed E-state index contributed by atoms with van der Waals surface area (Å²) in [4.78, 5) is 11.6. The first kappa shape index (κ1) is 13.2. The van der Waals surface area contributed by atoms with E-state index in [1.54, 1.807) is 0 Å². The zero-order valence-corrected chi connectivity index (χ0v) is 11.9. The van der Waals surface area contributed by atoms with Crippen molar-refractivity contribution in [2.45, 2.75) is 37.5 Å². The van der Waals surface area contributed by atoms with Crippen LogP contribution in [0.2, 0.25) is 0 Å². The van der Waals surface area contributed by atoms with Crippen LogP contribution in [0.5, 0.6) is 0 Å². The predicted molar refractivity (Wildman–Crippen MR) is 75.3 cm³/mol. The second-order valence-electron chi connectivity index (χ2n) is 6.30. The fraction of sp³-hybridized carbons (Fsp3) is 0.625. The van der Waals surface area contributed by atoms with Gasteiger partial charge in [0.25, 0.3) is 0 Å². The van der Waals surface area contributed by atoms with Gasteiger partial charge in [-0.25, -0.2) is 0 Å². The van der Waals surface area contributed by atoms with E-state index in [4.69, 9.17) is 9.47 Å². The molecular weight excluding hydrogens is 270 g/mol. The van der Waals surface area contributed by atoms with E-state index in [2.05, 4.69) is 0 Å². The topological polar surface area (TPSA) is 61.6 Å². The number of rotatable bonds is 1. The van der Waals surface area contributed by atoms with Gasteiger partial charge in [-0.3, -0.25) is 10.1 Å². The Balaban J connectivity index is 1.80. The van der Waals surface area contributed by atoms with Crippen molar-refractivity contribution in [3.8, 4) is 0 Å². The van der Waals surface area contributed by atoms with E-state index < -0.39 is 11.8 Å². The first-order chi connectivity index (χ1) is 10.2. The summed E-state index contributed by atoms with van der Waals surface area (Å²) in [5, 5.41) is 11.7. The summed E-state index contributed by atoms with van der Waals surface area (Å²) in [5.74, 6) is -0.467. The highest BCUT2D eigenvalue weighted by Crippen LogP contribution is 2.53. The molecule has 112 valence electrons. The molecule has 1 saturated carbocycles. The molecule has 5 nitrogen and oxygen atoms in total. The first-order valence-electron chi connectivity index (χ1n) is 7.70. The fourth-order valence-corrected chi connectivity index (χ4v) is 4.56. The van der Waals surface area contributed by atoms with E-state index in [1.807, 2.05) is 24.3 Å². The van der Waals surface area contributed by atoms with Crippen LogP contribution >= 0.6 is 0 Å². The normalized spacial score (nSPS) is 33.4. The molecule has 0 amide bonds. The van der Waals surface area contributed by atoms with Crippen molar-refractivity contribution in [1.29, 1.82) is 0 Å². The van der Waals surface area contributed by atoms with E-state index in [-0.39, 0.29) is 16.8 Å². The first-order valence-corrected chi connectivity index (χ1v) is 7.70. The molecular formula is C16H19NO4. The number of fused-ring (bicyclic) bond motifs is 3. The molecule has 1 aliphatic heterocycles. The maximum absolute atomic E-state index is 11.7. The van der Waals surface area contributed by atoms with Gasteiger partial charge in [0.2, 0.25) is 6.04 Å². The highest BCUT2D eigenvalue weighted by Gasteiger charge is 2.57. The number of hydrogen-bond acceptors (Lipinski definition) is 4. The molecule has 1 aromatic rings. The highest BCUT2D eigenvalue weighted by molar-refractivity contribution is 5.33. The van der Waals surface area contributed by atoms with Gasteiger partial charge >= 0.3 is 0 Å². The standard InChI is InChI=1S/C16H19NO4/c18-17(19)15-12-5-2-1-4-11(12)10-14-13(15)6-3-7-16(14)20-8-9-21-16/h1-2,4-5,13-15H,3,6-10H2/t13-,14+,15-/m1/s1. The van der Waals surface area contributed by atoms with Crippen molar-refractivity contribution in [2.24, 2.45) is 11.8 Å². The van der Waals surface area contributed by atoms with Crippen molar-refractivity contribution in [3.63, 3.8) is 0 Å². The minimum Gasteiger partial charge on any atom is -0.347 e. The Morgan fingerprint density at radius 2 is 2.00 bits per heavy atom. The van der Waals surface area contributed by atoms with E-state index in [1.165, 1.54) is 0 Å². The van der Waals surface area contributed by atoms with Gasteiger partial charge in [-0.2, -0.15) is 0 Å². The van der Waals surface area contributed by atoms with Gasteiger partial charge in [0.05, 0.1) is 13.2 Å². The maximum Gasteiger partial charge on any atom is 0.241 e. The molecule has 0 unspecified atom stereocenters. The monoisotopic (exact) mass is 289 g/mol. The van der Waals surface area contributed by atoms with Crippen molar-refractivity contribution in [3.05, 3.63) is 45.5 Å². The average Bonchev–Trinajstić information content (AvgIpc) is 2.94.